The lowest BCUT2D eigenvalue weighted by atomic mass is 9.83. The molecule has 6 heteroatoms. The van der Waals surface area contributed by atoms with E-state index in [-0.39, 0.29) is 18.3 Å². The first-order chi connectivity index (χ1) is 12.4. The molecule has 3 rings (SSSR count). The molecule has 0 aromatic heterocycles. The van der Waals surface area contributed by atoms with Crippen LogP contribution in [-0.2, 0) is 4.79 Å². The highest BCUT2D eigenvalue weighted by atomic mass is 79.9. The normalized spacial score (nSPS) is 15.9. The highest BCUT2D eigenvalue weighted by Crippen LogP contribution is 2.47. The monoisotopic (exact) mass is 420 g/mol. The topological polar surface area (TPSA) is 54.0 Å². The van der Waals surface area contributed by atoms with E-state index in [4.69, 9.17) is 18.9 Å². The van der Waals surface area contributed by atoms with Crippen LogP contribution in [0.5, 0.6) is 23.0 Å². The minimum atomic E-state index is -0.252. The number of aryl methyl sites for hydroxylation is 1. The fourth-order valence-corrected chi connectivity index (χ4v) is 3.80. The van der Waals surface area contributed by atoms with Gasteiger partial charge in [0.2, 0.25) is 5.75 Å². The van der Waals surface area contributed by atoms with Crippen LogP contribution >= 0.6 is 15.9 Å². The van der Waals surface area contributed by atoms with Crippen LogP contribution in [0.25, 0.3) is 0 Å². The predicted molar refractivity (Wildman–Crippen MR) is 102 cm³/mol. The quantitative estimate of drug-likeness (QED) is 0.536. The van der Waals surface area contributed by atoms with E-state index in [1.807, 2.05) is 32.0 Å². The molecule has 0 bridgehead atoms. The Labute approximate surface area is 161 Å². The molecule has 0 fully saturated rings. The molecule has 0 radical (unpaired) electrons. The Morgan fingerprint density at radius 2 is 1.65 bits per heavy atom. The molecule has 0 N–H and O–H groups in total. The van der Waals surface area contributed by atoms with Crippen molar-refractivity contribution >= 4 is 21.9 Å². The van der Waals surface area contributed by atoms with E-state index in [2.05, 4.69) is 15.9 Å². The first-order valence-corrected chi connectivity index (χ1v) is 9.00. The number of esters is 1. The Kier molecular flexibility index (Phi) is 5.14. The number of ether oxygens (including phenoxy) is 4. The SMILES string of the molecule is COc1cc([C@@H]2CC(=O)Oc3cc(C)c(Br)c(C)c32)cc(OC)c1OC. The molecule has 0 amide bonds. The predicted octanol–water partition coefficient (Wildman–Crippen LogP) is 4.53. The Morgan fingerprint density at radius 3 is 2.19 bits per heavy atom. The van der Waals surface area contributed by atoms with Gasteiger partial charge in [-0.1, -0.05) is 15.9 Å². The molecule has 0 spiro atoms. The second-order valence-corrected chi connectivity index (χ2v) is 7.03. The number of benzene rings is 2. The lowest BCUT2D eigenvalue weighted by Crippen LogP contribution is -2.22. The summed E-state index contributed by atoms with van der Waals surface area (Å²) in [5.41, 5.74) is 4.00. The van der Waals surface area contributed by atoms with Gasteiger partial charge in [-0.3, -0.25) is 4.79 Å². The largest absolute Gasteiger partial charge is 0.493 e. The van der Waals surface area contributed by atoms with Gasteiger partial charge in [0.1, 0.15) is 5.75 Å². The van der Waals surface area contributed by atoms with Gasteiger partial charge in [0.05, 0.1) is 27.8 Å². The Hall–Kier alpha value is -2.21. The number of fused-ring (bicyclic) bond motifs is 1. The molecular formula is C20H21BrO5. The molecular weight excluding hydrogens is 400 g/mol. The summed E-state index contributed by atoms with van der Waals surface area (Å²) < 4.78 is 22.9. The molecule has 138 valence electrons. The van der Waals surface area contributed by atoms with Crippen molar-refractivity contribution in [2.75, 3.05) is 21.3 Å². The van der Waals surface area contributed by atoms with Crippen LogP contribution in [0.2, 0.25) is 0 Å². The Balaban J connectivity index is 2.23. The van der Waals surface area contributed by atoms with E-state index in [9.17, 15) is 4.79 Å². The molecule has 1 aliphatic heterocycles. The molecule has 1 heterocycles. The number of carbonyl (C=O) groups excluding carboxylic acids is 1. The molecule has 0 saturated heterocycles. The van der Waals surface area contributed by atoms with Crippen molar-refractivity contribution in [2.45, 2.75) is 26.2 Å². The van der Waals surface area contributed by atoms with Crippen LogP contribution in [0.3, 0.4) is 0 Å². The van der Waals surface area contributed by atoms with Crippen molar-refractivity contribution in [2.24, 2.45) is 0 Å². The zero-order valence-corrected chi connectivity index (χ0v) is 17.0. The van der Waals surface area contributed by atoms with Crippen LogP contribution in [0.4, 0.5) is 0 Å². The third kappa shape index (κ3) is 3.03. The summed E-state index contributed by atoms with van der Waals surface area (Å²) in [7, 11) is 4.72. The highest BCUT2D eigenvalue weighted by molar-refractivity contribution is 9.10. The minimum absolute atomic E-state index is 0.156. The summed E-state index contributed by atoms with van der Waals surface area (Å²) in [6.07, 6.45) is 0.252. The molecule has 1 atom stereocenters. The van der Waals surface area contributed by atoms with Gasteiger partial charge >= 0.3 is 5.97 Å². The molecule has 26 heavy (non-hydrogen) atoms. The van der Waals surface area contributed by atoms with Crippen LogP contribution < -0.4 is 18.9 Å². The van der Waals surface area contributed by atoms with E-state index in [1.54, 1.807) is 21.3 Å². The van der Waals surface area contributed by atoms with Gasteiger partial charge in [-0.15, -0.1) is 0 Å². The van der Waals surface area contributed by atoms with Crippen molar-refractivity contribution in [3.63, 3.8) is 0 Å². The Morgan fingerprint density at radius 1 is 1.04 bits per heavy atom. The average Bonchev–Trinajstić information content (AvgIpc) is 2.63. The average molecular weight is 421 g/mol. The van der Waals surface area contributed by atoms with Gasteiger partial charge < -0.3 is 18.9 Å². The number of hydrogen-bond acceptors (Lipinski definition) is 5. The van der Waals surface area contributed by atoms with Crippen molar-refractivity contribution in [3.8, 4) is 23.0 Å². The smallest absolute Gasteiger partial charge is 0.312 e. The van der Waals surface area contributed by atoms with E-state index in [0.29, 0.717) is 23.0 Å². The van der Waals surface area contributed by atoms with Crippen molar-refractivity contribution in [1.29, 1.82) is 0 Å². The first-order valence-electron chi connectivity index (χ1n) is 8.21. The van der Waals surface area contributed by atoms with Crippen LogP contribution in [0, 0.1) is 13.8 Å². The van der Waals surface area contributed by atoms with Gasteiger partial charge in [0.25, 0.3) is 0 Å². The molecule has 5 nitrogen and oxygen atoms in total. The number of methoxy groups -OCH3 is 3. The zero-order valence-electron chi connectivity index (χ0n) is 15.4. The summed E-state index contributed by atoms with van der Waals surface area (Å²) in [4.78, 5) is 12.2. The maximum atomic E-state index is 12.2. The first kappa shape index (κ1) is 18.6. The van der Waals surface area contributed by atoms with Crippen molar-refractivity contribution in [1.82, 2.24) is 0 Å². The summed E-state index contributed by atoms with van der Waals surface area (Å²) in [5, 5.41) is 0. The standard InChI is InChI=1S/C20H21BrO5/c1-10-6-14-18(11(2)19(10)21)13(9-17(22)26-14)12-7-15(23-3)20(25-5)16(8-12)24-4/h6-8,13H,9H2,1-5H3/t13-/m0/s1. The second-order valence-electron chi connectivity index (χ2n) is 6.23. The van der Waals surface area contributed by atoms with Gasteiger partial charge in [-0.05, 0) is 48.7 Å². The zero-order chi connectivity index (χ0) is 19.0. The minimum Gasteiger partial charge on any atom is -0.493 e. The fraction of sp³-hybridized carbons (Fsp3) is 0.350. The summed E-state index contributed by atoms with van der Waals surface area (Å²) >= 11 is 3.64. The number of rotatable bonds is 4. The Bertz CT molecular complexity index is 850. The second kappa shape index (κ2) is 7.19. The lowest BCUT2D eigenvalue weighted by molar-refractivity contribution is -0.135. The van der Waals surface area contributed by atoms with E-state index in [0.717, 1.165) is 26.7 Å². The fourth-order valence-electron chi connectivity index (χ4n) is 3.47. The number of halogens is 1. The van der Waals surface area contributed by atoms with Crippen LogP contribution in [0.15, 0.2) is 22.7 Å². The third-order valence-corrected chi connectivity index (χ3v) is 5.95. The molecule has 1 aliphatic rings. The van der Waals surface area contributed by atoms with Crippen LogP contribution in [-0.4, -0.2) is 27.3 Å². The third-order valence-electron chi connectivity index (χ3n) is 4.72. The van der Waals surface area contributed by atoms with Crippen molar-refractivity contribution in [3.05, 3.63) is 44.9 Å². The molecule has 2 aromatic rings. The maximum absolute atomic E-state index is 12.2. The lowest BCUT2D eigenvalue weighted by Gasteiger charge is -2.28. The van der Waals surface area contributed by atoms with Gasteiger partial charge in [0.15, 0.2) is 11.5 Å². The molecule has 0 saturated carbocycles. The summed E-state index contributed by atoms with van der Waals surface area (Å²) in [6, 6.07) is 5.68. The molecule has 0 aliphatic carbocycles. The summed E-state index contributed by atoms with van der Waals surface area (Å²) in [5.74, 6) is 1.85. The van der Waals surface area contributed by atoms with E-state index >= 15 is 0 Å². The summed E-state index contributed by atoms with van der Waals surface area (Å²) in [6.45, 7) is 4.01. The van der Waals surface area contributed by atoms with Gasteiger partial charge in [-0.25, -0.2) is 0 Å². The number of hydrogen-bond donors (Lipinski definition) is 0. The van der Waals surface area contributed by atoms with Gasteiger partial charge in [0, 0.05) is 16.0 Å². The van der Waals surface area contributed by atoms with Crippen molar-refractivity contribution < 1.29 is 23.7 Å². The maximum Gasteiger partial charge on any atom is 0.312 e. The van der Waals surface area contributed by atoms with Gasteiger partial charge in [-0.2, -0.15) is 0 Å². The van der Waals surface area contributed by atoms with E-state index in [1.165, 1.54) is 0 Å². The number of carbonyl (C=O) groups is 1. The molecule has 2 aromatic carbocycles. The molecule has 0 unspecified atom stereocenters. The van der Waals surface area contributed by atoms with Crippen LogP contribution in [0.1, 0.15) is 34.6 Å². The van der Waals surface area contributed by atoms with E-state index < -0.39 is 0 Å². The highest BCUT2D eigenvalue weighted by Gasteiger charge is 2.32.